The minimum atomic E-state index is -5.02. The van der Waals surface area contributed by atoms with E-state index in [9.17, 15) is 23.1 Å². The number of hydrazone groups is 1. The standard InChI is InChI=1S/C20H27F3N2O3/c1-5-6-7-15-12-19(27,20(21,22)23)25(24-15)17(26)13-28-16-10-8-14(9-11-16)18(2,3)4/h8-11,27H,5-7,12-13H2,1-4H3/t19-/m1/s1. The first-order valence-electron chi connectivity index (χ1n) is 9.30. The fourth-order valence-electron chi connectivity index (χ4n) is 2.88. The Morgan fingerprint density at radius 3 is 2.36 bits per heavy atom. The van der Waals surface area contributed by atoms with Crippen molar-refractivity contribution in [3.63, 3.8) is 0 Å². The lowest BCUT2D eigenvalue weighted by Crippen LogP contribution is -2.57. The molecule has 1 aromatic carbocycles. The minimum absolute atomic E-state index is 0.0588. The van der Waals surface area contributed by atoms with Crippen molar-refractivity contribution in [3.8, 4) is 5.75 Å². The number of ether oxygens (including phenoxy) is 1. The van der Waals surface area contributed by atoms with E-state index in [2.05, 4.69) is 5.10 Å². The van der Waals surface area contributed by atoms with E-state index in [1.165, 1.54) is 0 Å². The molecule has 0 bridgehead atoms. The molecule has 0 spiro atoms. The first kappa shape index (κ1) is 22.2. The molecule has 0 unspecified atom stereocenters. The summed E-state index contributed by atoms with van der Waals surface area (Å²) in [5, 5.41) is 14.0. The zero-order valence-electron chi connectivity index (χ0n) is 16.6. The molecule has 1 aromatic rings. The minimum Gasteiger partial charge on any atom is -0.484 e. The Hall–Kier alpha value is -2.09. The van der Waals surface area contributed by atoms with Crippen LogP contribution in [-0.2, 0) is 10.2 Å². The van der Waals surface area contributed by atoms with Crippen LogP contribution >= 0.6 is 0 Å². The molecule has 2 rings (SSSR count). The molecule has 1 atom stereocenters. The van der Waals surface area contributed by atoms with Gasteiger partial charge in [0.05, 0.1) is 0 Å². The average Bonchev–Trinajstić information content (AvgIpc) is 2.95. The SMILES string of the molecule is CCCCC1=NN(C(=O)COc2ccc(C(C)(C)C)cc2)[C@](O)(C(F)(F)F)C1. The molecule has 5 nitrogen and oxygen atoms in total. The molecule has 0 radical (unpaired) electrons. The largest absolute Gasteiger partial charge is 0.484 e. The lowest BCUT2D eigenvalue weighted by molar-refractivity contribution is -0.302. The molecule has 8 heteroatoms. The summed E-state index contributed by atoms with van der Waals surface area (Å²) in [5.74, 6) is -0.697. The molecule has 1 heterocycles. The average molecular weight is 400 g/mol. The van der Waals surface area contributed by atoms with Gasteiger partial charge in [-0.25, -0.2) is 0 Å². The van der Waals surface area contributed by atoms with Crippen LogP contribution in [-0.4, -0.2) is 40.2 Å². The van der Waals surface area contributed by atoms with Crippen molar-refractivity contribution in [1.82, 2.24) is 5.01 Å². The molecule has 0 aliphatic carbocycles. The summed E-state index contributed by atoms with van der Waals surface area (Å²) in [6.45, 7) is 7.38. The highest BCUT2D eigenvalue weighted by molar-refractivity contribution is 5.91. The number of rotatable bonds is 6. The Bertz CT molecular complexity index is 724. The number of hydrogen-bond acceptors (Lipinski definition) is 4. The highest BCUT2D eigenvalue weighted by atomic mass is 19.4. The third-order valence-corrected chi connectivity index (χ3v) is 4.63. The Morgan fingerprint density at radius 1 is 1.25 bits per heavy atom. The predicted octanol–water partition coefficient (Wildman–Crippen LogP) is 4.39. The molecule has 0 saturated carbocycles. The molecule has 0 fully saturated rings. The Labute approximate surface area is 163 Å². The molecular formula is C20H27F3N2O3. The molecule has 1 N–H and O–H groups in total. The number of aliphatic hydroxyl groups is 1. The van der Waals surface area contributed by atoms with Gasteiger partial charge in [-0.15, -0.1) is 0 Å². The number of hydrogen-bond donors (Lipinski definition) is 1. The number of amides is 1. The van der Waals surface area contributed by atoms with Crippen LogP contribution in [0.15, 0.2) is 29.4 Å². The highest BCUT2D eigenvalue weighted by Crippen LogP contribution is 2.41. The fraction of sp³-hybridized carbons (Fsp3) is 0.600. The van der Waals surface area contributed by atoms with Crippen LogP contribution in [0.5, 0.6) is 5.75 Å². The first-order valence-corrected chi connectivity index (χ1v) is 9.30. The zero-order valence-corrected chi connectivity index (χ0v) is 16.6. The summed E-state index contributed by atoms with van der Waals surface area (Å²) in [7, 11) is 0. The van der Waals surface area contributed by atoms with E-state index >= 15 is 0 Å². The van der Waals surface area contributed by atoms with Gasteiger partial charge < -0.3 is 9.84 Å². The van der Waals surface area contributed by atoms with Crippen LogP contribution < -0.4 is 4.74 Å². The van der Waals surface area contributed by atoms with Gasteiger partial charge in [-0.2, -0.15) is 23.3 Å². The van der Waals surface area contributed by atoms with Gasteiger partial charge in [-0.3, -0.25) is 4.79 Å². The molecule has 0 saturated heterocycles. The third kappa shape index (κ3) is 4.84. The van der Waals surface area contributed by atoms with E-state index in [0.29, 0.717) is 18.6 Å². The van der Waals surface area contributed by atoms with E-state index in [1.807, 2.05) is 39.8 Å². The van der Waals surface area contributed by atoms with E-state index in [1.54, 1.807) is 12.1 Å². The number of carbonyl (C=O) groups is 1. The summed E-state index contributed by atoms with van der Waals surface area (Å²) in [6, 6.07) is 6.99. The third-order valence-electron chi connectivity index (χ3n) is 4.63. The lowest BCUT2D eigenvalue weighted by atomic mass is 9.87. The monoisotopic (exact) mass is 400 g/mol. The molecule has 0 aromatic heterocycles. The number of carbonyl (C=O) groups excluding carboxylic acids is 1. The Kier molecular flexibility index (Phi) is 6.43. The fourth-order valence-corrected chi connectivity index (χ4v) is 2.88. The van der Waals surface area contributed by atoms with Crippen molar-refractivity contribution >= 4 is 11.6 Å². The van der Waals surface area contributed by atoms with Crippen molar-refractivity contribution in [3.05, 3.63) is 29.8 Å². The summed E-state index contributed by atoms with van der Waals surface area (Å²) >= 11 is 0. The molecular weight excluding hydrogens is 373 g/mol. The van der Waals surface area contributed by atoms with Crippen LogP contribution in [0, 0.1) is 0 Å². The van der Waals surface area contributed by atoms with Gasteiger partial charge in [-0.1, -0.05) is 46.2 Å². The number of benzene rings is 1. The second-order valence-electron chi connectivity index (χ2n) is 8.03. The molecule has 28 heavy (non-hydrogen) atoms. The van der Waals surface area contributed by atoms with Gasteiger partial charge >= 0.3 is 6.18 Å². The quantitative estimate of drug-likeness (QED) is 0.770. The van der Waals surface area contributed by atoms with Gasteiger partial charge in [0.25, 0.3) is 11.6 Å². The van der Waals surface area contributed by atoms with Crippen molar-refractivity contribution in [2.75, 3.05) is 6.61 Å². The maximum atomic E-state index is 13.4. The van der Waals surface area contributed by atoms with Gasteiger partial charge in [0, 0.05) is 12.1 Å². The molecule has 156 valence electrons. The van der Waals surface area contributed by atoms with Crippen LogP contribution in [0.3, 0.4) is 0 Å². The zero-order chi connectivity index (χ0) is 21.2. The predicted molar refractivity (Wildman–Crippen MR) is 100 cm³/mol. The number of unbranched alkanes of at least 4 members (excludes halogenated alkanes) is 1. The second-order valence-corrected chi connectivity index (χ2v) is 8.03. The van der Waals surface area contributed by atoms with E-state index in [0.717, 1.165) is 12.0 Å². The van der Waals surface area contributed by atoms with E-state index in [4.69, 9.17) is 4.74 Å². The summed E-state index contributed by atoms with van der Waals surface area (Å²) in [5.41, 5.74) is -2.17. The van der Waals surface area contributed by atoms with Gasteiger partial charge in [0.1, 0.15) is 5.75 Å². The maximum Gasteiger partial charge on any atom is 0.438 e. The molecule has 1 amide bonds. The summed E-state index contributed by atoms with van der Waals surface area (Å²) < 4.78 is 45.6. The maximum absolute atomic E-state index is 13.4. The van der Waals surface area contributed by atoms with Crippen molar-refractivity contribution in [2.24, 2.45) is 5.10 Å². The normalized spacial score (nSPS) is 20.3. The van der Waals surface area contributed by atoms with Crippen LogP contribution in [0.4, 0.5) is 13.2 Å². The van der Waals surface area contributed by atoms with Crippen molar-refractivity contribution < 1.29 is 27.8 Å². The topological polar surface area (TPSA) is 62.1 Å². The second kappa shape index (κ2) is 8.11. The Balaban J connectivity index is 2.10. The number of nitrogens with zero attached hydrogens (tertiary/aromatic N) is 2. The van der Waals surface area contributed by atoms with Crippen LogP contribution in [0.25, 0.3) is 0 Å². The van der Waals surface area contributed by atoms with Crippen LogP contribution in [0.2, 0.25) is 0 Å². The molecule has 1 aliphatic heterocycles. The Morgan fingerprint density at radius 2 is 1.86 bits per heavy atom. The highest BCUT2D eigenvalue weighted by Gasteiger charge is 2.63. The smallest absolute Gasteiger partial charge is 0.438 e. The van der Waals surface area contributed by atoms with E-state index in [-0.39, 0.29) is 16.1 Å². The van der Waals surface area contributed by atoms with Crippen molar-refractivity contribution in [2.45, 2.75) is 70.7 Å². The van der Waals surface area contributed by atoms with Crippen LogP contribution in [0.1, 0.15) is 58.9 Å². The summed E-state index contributed by atoms with van der Waals surface area (Å²) in [4.78, 5) is 12.4. The number of alkyl halides is 3. The molecule has 1 aliphatic rings. The first-order chi connectivity index (χ1) is 12.9. The van der Waals surface area contributed by atoms with E-state index < -0.39 is 30.8 Å². The van der Waals surface area contributed by atoms with Gasteiger partial charge in [0.15, 0.2) is 6.61 Å². The lowest BCUT2D eigenvalue weighted by Gasteiger charge is -2.32. The van der Waals surface area contributed by atoms with Gasteiger partial charge in [-0.05, 0) is 36.0 Å². The van der Waals surface area contributed by atoms with Gasteiger partial charge in [0.2, 0.25) is 0 Å². The van der Waals surface area contributed by atoms with Crippen molar-refractivity contribution in [1.29, 1.82) is 0 Å². The number of halogens is 3. The summed E-state index contributed by atoms with van der Waals surface area (Å²) in [6.07, 6.45) is -4.05.